The maximum atomic E-state index is 12.0. The molecule has 0 aliphatic carbocycles. The lowest BCUT2D eigenvalue weighted by Gasteiger charge is -2.23. The van der Waals surface area contributed by atoms with E-state index in [1.54, 1.807) is 6.07 Å². The summed E-state index contributed by atoms with van der Waals surface area (Å²) in [5, 5.41) is 5.56. The van der Waals surface area contributed by atoms with Crippen LogP contribution in [-0.2, 0) is 4.79 Å². The van der Waals surface area contributed by atoms with Crippen molar-refractivity contribution in [2.24, 2.45) is 5.84 Å². The van der Waals surface area contributed by atoms with Gasteiger partial charge < -0.3 is 16.1 Å². The van der Waals surface area contributed by atoms with Crippen molar-refractivity contribution < 1.29 is 9.59 Å². The Hall–Kier alpha value is -2.15. The van der Waals surface area contributed by atoms with Gasteiger partial charge in [0, 0.05) is 25.2 Å². The van der Waals surface area contributed by atoms with Crippen LogP contribution in [0.3, 0.4) is 0 Å². The molecule has 0 spiro atoms. The van der Waals surface area contributed by atoms with Gasteiger partial charge in [0.1, 0.15) is 0 Å². The quantitative estimate of drug-likeness (QED) is 0.421. The van der Waals surface area contributed by atoms with Crippen LogP contribution in [0.5, 0.6) is 0 Å². The molecule has 7 heteroatoms. The van der Waals surface area contributed by atoms with E-state index in [9.17, 15) is 9.59 Å². The van der Waals surface area contributed by atoms with Gasteiger partial charge >= 0.3 is 0 Å². The van der Waals surface area contributed by atoms with E-state index in [-0.39, 0.29) is 17.9 Å². The summed E-state index contributed by atoms with van der Waals surface area (Å²) < 4.78 is 0. The van der Waals surface area contributed by atoms with E-state index in [1.807, 2.05) is 0 Å². The lowest BCUT2D eigenvalue weighted by Crippen LogP contribution is -2.47. The molecule has 2 amide bonds. The number of carbonyl (C=O) groups is 2. The van der Waals surface area contributed by atoms with E-state index < -0.39 is 0 Å². The normalized spacial score (nSPS) is 18.9. The van der Waals surface area contributed by atoms with Crippen LogP contribution in [-0.4, -0.2) is 29.4 Å². The van der Waals surface area contributed by atoms with Gasteiger partial charge in [-0.15, -0.1) is 0 Å². The van der Waals surface area contributed by atoms with Gasteiger partial charge in [0.2, 0.25) is 5.91 Å². The Morgan fingerprint density at radius 3 is 3.06 bits per heavy atom. The molecule has 2 rings (SSSR count). The van der Waals surface area contributed by atoms with E-state index in [2.05, 4.69) is 21.0 Å². The molecule has 1 fully saturated rings. The highest BCUT2D eigenvalue weighted by atomic mass is 16.2. The van der Waals surface area contributed by atoms with Crippen LogP contribution < -0.4 is 21.9 Å². The molecule has 18 heavy (non-hydrogen) atoms. The number of nitrogens with zero attached hydrogens (tertiary/aromatic N) is 1. The third kappa shape index (κ3) is 2.75. The summed E-state index contributed by atoms with van der Waals surface area (Å²) in [5.41, 5.74) is 3.33. The number of carbonyl (C=O) groups excluding carboxylic acids is 2. The minimum absolute atomic E-state index is 0.0220. The Kier molecular flexibility index (Phi) is 3.73. The number of hydrazine groups is 1. The smallest absolute Gasteiger partial charge is 0.253 e. The van der Waals surface area contributed by atoms with E-state index in [0.29, 0.717) is 30.6 Å². The third-order valence-corrected chi connectivity index (χ3v) is 2.82. The fraction of sp³-hybridized carbons (Fsp3) is 0.364. The molecule has 0 aromatic carbocycles. The number of nitrogens with one attached hydrogen (secondary N) is 3. The lowest BCUT2D eigenvalue weighted by molar-refractivity contribution is -0.122. The number of hydrogen-bond donors (Lipinski definition) is 4. The molecule has 96 valence electrons. The van der Waals surface area contributed by atoms with Crippen LogP contribution >= 0.6 is 0 Å². The Labute approximate surface area is 104 Å². The fourth-order valence-corrected chi connectivity index (χ4v) is 1.83. The van der Waals surface area contributed by atoms with Gasteiger partial charge in [0.15, 0.2) is 0 Å². The van der Waals surface area contributed by atoms with Crippen LogP contribution in [0.25, 0.3) is 0 Å². The van der Waals surface area contributed by atoms with Gasteiger partial charge in [-0.25, -0.2) is 0 Å². The highest BCUT2D eigenvalue weighted by Crippen LogP contribution is 2.12. The number of piperidine rings is 1. The second-order valence-electron chi connectivity index (χ2n) is 4.08. The van der Waals surface area contributed by atoms with Gasteiger partial charge in [0.05, 0.1) is 17.4 Å². The number of aromatic nitrogens is 1. The van der Waals surface area contributed by atoms with Crippen LogP contribution in [0, 0.1) is 0 Å². The first-order valence-corrected chi connectivity index (χ1v) is 5.69. The standard InChI is InChI=1S/C11H15N5O2/c12-16-9-6-13-4-3-8(9)11(18)15-7-1-2-10(17)14-5-7/h3-4,6-7,16H,1-2,5,12H2,(H,14,17)(H,15,18). The lowest BCUT2D eigenvalue weighted by atomic mass is 10.1. The summed E-state index contributed by atoms with van der Waals surface area (Å²) in [7, 11) is 0. The number of amides is 2. The molecule has 1 aliphatic rings. The summed E-state index contributed by atoms with van der Waals surface area (Å²) in [5.74, 6) is 5.10. The van der Waals surface area contributed by atoms with Gasteiger partial charge in [0.25, 0.3) is 5.91 Å². The molecule has 0 saturated carbocycles. The number of hydrogen-bond acceptors (Lipinski definition) is 5. The SMILES string of the molecule is NNc1cnccc1C(=O)NC1CCC(=O)NC1. The maximum Gasteiger partial charge on any atom is 0.253 e. The van der Waals surface area contributed by atoms with Crippen molar-refractivity contribution in [2.75, 3.05) is 12.0 Å². The van der Waals surface area contributed by atoms with E-state index in [1.165, 1.54) is 12.4 Å². The molecule has 0 radical (unpaired) electrons. The van der Waals surface area contributed by atoms with E-state index >= 15 is 0 Å². The van der Waals surface area contributed by atoms with Gasteiger partial charge in [-0.05, 0) is 12.5 Å². The third-order valence-electron chi connectivity index (χ3n) is 2.82. The van der Waals surface area contributed by atoms with Crippen LogP contribution in [0.2, 0.25) is 0 Å². The highest BCUT2D eigenvalue weighted by molar-refractivity contribution is 5.99. The molecule has 1 unspecified atom stereocenters. The zero-order valence-electron chi connectivity index (χ0n) is 9.77. The van der Waals surface area contributed by atoms with E-state index in [0.717, 1.165) is 0 Å². The average Bonchev–Trinajstić information content (AvgIpc) is 2.41. The Balaban J connectivity index is 2.01. The summed E-state index contributed by atoms with van der Waals surface area (Å²) in [6, 6.07) is 1.54. The number of nitrogens with two attached hydrogens (primary N) is 1. The molecule has 1 aliphatic heterocycles. The zero-order chi connectivity index (χ0) is 13.0. The number of anilines is 1. The highest BCUT2D eigenvalue weighted by Gasteiger charge is 2.21. The second-order valence-corrected chi connectivity index (χ2v) is 4.08. The summed E-state index contributed by atoms with van der Waals surface area (Å²) in [6.07, 6.45) is 4.09. The first-order chi connectivity index (χ1) is 8.70. The zero-order valence-corrected chi connectivity index (χ0v) is 9.77. The van der Waals surface area contributed by atoms with Gasteiger partial charge in [-0.1, -0.05) is 0 Å². The maximum absolute atomic E-state index is 12.0. The molecular formula is C11H15N5O2. The van der Waals surface area contributed by atoms with Crippen molar-refractivity contribution >= 4 is 17.5 Å². The van der Waals surface area contributed by atoms with Gasteiger partial charge in [-0.2, -0.15) is 0 Å². The minimum atomic E-state index is -0.230. The molecule has 1 saturated heterocycles. The Bertz CT molecular complexity index is 453. The molecule has 7 nitrogen and oxygen atoms in total. The first kappa shape index (κ1) is 12.3. The largest absolute Gasteiger partial charge is 0.354 e. The Morgan fingerprint density at radius 1 is 1.56 bits per heavy atom. The fourth-order valence-electron chi connectivity index (χ4n) is 1.83. The van der Waals surface area contributed by atoms with Crippen molar-refractivity contribution in [1.82, 2.24) is 15.6 Å². The van der Waals surface area contributed by atoms with Crippen molar-refractivity contribution in [3.8, 4) is 0 Å². The van der Waals surface area contributed by atoms with Crippen LogP contribution in [0.4, 0.5) is 5.69 Å². The second kappa shape index (κ2) is 5.46. The average molecular weight is 249 g/mol. The van der Waals surface area contributed by atoms with Crippen molar-refractivity contribution in [3.63, 3.8) is 0 Å². The van der Waals surface area contributed by atoms with Gasteiger partial charge in [-0.3, -0.25) is 20.4 Å². The number of nitrogen functional groups attached to an aromatic ring is 1. The molecule has 0 bridgehead atoms. The summed E-state index contributed by atoms with van der Waals surface area (Å²) in [4.78, 5) is 26.9. The number of pyridine rings is 1. The first-order valence-electron chi connectivity index (χ1n) is 5.69. The predicted octanol–water partition coefficient (Wildman–Crippen LogP) is -0.624. The molecule has 5 N–H and O–H groups in total. The van der Waals surface area contributed by atoms with Crippen molar-refractivity contribution in [1.29, 1.82) is 0 Å². The molecule has 1 aromatic heterocycles. The van der Waals surface area contributed by atoms with Crippen LogP contribution in [0.15, 0.2) is 18.5 Å². The summed E-state index contributed by atoms with van der Waals surface area (Å²) >= 11 is 0. The van der Waals surface area contributed by atoms with Crippen LogP contribution in [0.1, 0.15) is 23.2 Å². The van der Waals surface area contributed by atoms with Crippen molar-refractivity contribution in [3.05, 3.63) is 24.0 Å². The molecular weight excluding hydrogens is 234 g/mol. The predicted molar refractivity (Wildman–Crippen MR) is 65.5 cm³/mol. The molecule has 1 aromatic rings. The van der Waals surface area contributed by atoms with Crippen molar-refractivity contribution in [2.45, 2.75) is 18.9 Å². The minimum Gasteiger partial charge on any atom is -0.354 e. The Morgan fingerprint density at radius 2 is 2.39 bits per heavy atom. The van der Waals surface area contributed by atoms with E-state index in [4.69, 9.17) is 5.84 Å². The molecule has 1 atom stereocenters. The monoisotopic (exact) mass is 249 g/mol. The number of rotatable bonds is 3. The molecule has 2 heterocycles. The topological polar surface area (TPSA) is 109 Å². The summed E-state index contributed by atoms with van der Waals surface area (Å²) in [6.45, 7) is 0.459.